The summed E-state index contributed by atoms with van der Waals surface area (Å²) in [5.41, 5.74) is -1.65. The van der Waals surface area contributed by atoms with E-state index in [1.54, 1.807) is 0 Å². The molecule has 4 fully saturated rings. The number of nitrogens with zero attached hydrogens (tertiary/aromatic N) is 1. The van der Waals surface area contributed by atoms with Gasteiger partial charge in [-0.05, 0) is 61.7 Å². The van der Waals surface area contributed by atoms with Crippen molar-refractivity contribution in [3.05, 3.63) is 12.7 Å². The molecule has 0 radical (unpaired) electrons. The SMILES string of the molecule is C=CCNC(=O)C(=O)[C@H](CC1CC1)NC(=O)[C@@H]1C[C@@H](C(C)C)CN1C(=O)[C@@H](NC(=O)NC1([C@H]2CCCCS2(=O)=O)CCCCC1)C(C)(C)C. The van der Waals surface area contributed by atoms with Crippen LogP contribution < -0.4 is 21.3 Å². The van der Waals surface area contributed by atoms with Crippen LogP contribution in [0, 0.1) is 23.2 Å². The van der Waals surface area contributed by atoms with Crippen molar-refractivity contribution in [3.8, 4) is 0 Å². The lowest BCUT2D eigenvalue weighted by atomic mass is 9.77. The number of Topliss-reactive ketones (excluding diaryl/α,β-unsaturated/α-hetero) is 1. The third-order valence-corrected chi connectivity index (χ3v) is 13.5. The Morgan fingerprint density at radius 1 is 0.959 bits per heavy atom. The third-order valence-electron chi connectivity index (χ3n) is 11.1. The maximum Gasteiger partial charge on any atom is 0.315 e. The summed E-state index contributed by atoms with van der Waals surface area (Å²) in [4.78, 5) is 69.5. The highest BCUT2D eigenvalue weighted by Crippen LogP contribution is 2.39. The molecule has 49 heavy (non-hydrogen) atoms. The summed E-state index contributed by atoms with van der Waals surface area (Å²) in [6.45, 7) is 13.6. The van der Waals surface area contributed by atoms with E-state index in [0.717, 1.165) is 38.5 Å². The molecule has 5 amide bonds. The van der Waals surface area contributed by atoms with Gasteiger partial charge >= 0.3 is 6.03 Å². The average molecular weight is 706 g/mol. The molecule has 4 N–H and O–H groups in total. The molecule has 2 aliphatic carbocycles. The Morgan fingerprint density at radius 2 is 1.63 bits per heavy atom. The van der Waals surface area contributed by atoms with Gasteiger partial charge in [0.1, 0.15) is 12.1 Å². The molecule has 0 bridgehead atoms. The van der Waals surface area contributed by atoms with Crippen molar-refractivity contribution in [1.29, 1.82) is 0 Å². The Morgan fingerprint density at radius 3 is 2.20 bits per heavy atom. The molecule has 4 aliphatic rings. The molecule has 2 saturated carbocycles. The van der Waals surface area contributed by atoms with Crippen molar-refractivity contribution in [3.63, 3.8) is 0 Å². The number of sulfone groups is 1. The van der Waals surface area contributed by atoms with Gasteiger partial charge < -0.3 is 26.2 Å². The van der Waals surface area contributed by atoms with Crippen LogP contribution in [0.25, 0.3) is 0 Å². The summed E-state index contributed by atoms with van der Waals surface area (Å²) < 4.78 is 26.5. The van der Waals surface area contributed by atoms with Crippen LogP contribution in [0.3, 0.4) is 0 Å². The minimum absolute atomic E-state index is 0.00429. The van der Waals surface area contributed by atoms with Crippen LogP contribution in [0.4, 0.5) is 4.79 Å². The van der Waals surface area contributed by atoms with E-state index >= 15 is 0 Å². The number of amides is 5. The first-order valence-corrected chi connectivity index (χ1v) is 20.0. The summed E-state index contributed by atoms with van der Waals surface area (Å²) in [7, 11) is -3.39. The molecule has 0 aromatic heterocycles. The van der Waals surface area contributed by atoms with E-state index in [0.29, 0.717) is 45.1 Å². The first kappa shape index (κ1) is 38.8. The predicted octanol–water partition coefficient (Wildman–Crippen LogP) is 3.40. The van der Waals surface area contributed by atoms with Crippen LogP contribution in [0.15, 0.2) is 12.7 Å². The quantitative estimate of drug-likeness (QED) is 0.168. The number of carbonyl (C=O) groups excluding carboxylic acids is 5. The van der Waals surface area contributed by atoms with E-state index in [2.05, 4.69) is 27.8 Å². The van der Waals surface area contributed by atoms with Crippen molar-refractivity contribution < 1.29 is 32.4 Å². The number of urea groups is 1. The van der Waals surface area contributed by atoms with Crippen LogP contribution in [0.1, 0.15) is 112 Å². The van der Waals surface area contributed by atoms with Crippen molar-refractivity contribution in [2.75, 3.05) is 18.8 Å². The third kappa shape index (κ3) is 9.64. The number of nitrogens with one attached hydrogen (secondary N) is 4. The topological polar surface area (TPSA) is 171 Å². The van der Waals surface area contributed by atoms with E-state index in [-0.39, 0.29) is 30.1 Å². The molecule has 4 rings (SSSR count). The fourth-order valence-electron chi connectivity index (χ4n) is 7.93. The molecule has 0 aromatic rings. The van der Waals surface area contributed by atoms with Gasteiger partial charge in [-0.2, -0.15) is 0 Å². The van der Waals surface area contributed by atoms with E-state index in [4.69, 9.17) is 0 Å². The predicted molar refractivity (Wildman–Crippen MR) is 188 cm³/mol. The normalized spacial score (nSPS) is 26.2. The van der Waals surface area contributed by atoms with Gasteiger partial charge in [-0.3, -0.25) is 19.2 Å². The molecular weight excluding hydrogens is 646 g/mol. The van der Waals surface area contributed by atoms with E-state index < -0.39 is 73.7 Å². The zero-order valence-corrected chi connectivity index (χ0v) is 31.0. The van der Waals surface area contributed by atoms with Gasteiger partial charge in [0, 0.05) is 13.1 Å². The Bertz CT molecular complexity index is 1360. The van der Waals surface area contributed by atoms with Crippen LogP contribution in [0.2, 0.25) is 0 Å². The summed E-state index contributed by atoms with van der Waals surface area (Å²) in [6, 6.07) is -3.51. The Kier molecular flexibility index (Phi) is 12.6. The highest BCUT2D eigenvalue weighted by atomic mass is 32.2. The monoisotopic (exact) mass is 705 g/mol. The summed E-state index contributed by atoms with van der Waals surface area (Å²) in [6.07, 6.45) is 9.71. The fraction of sp³-hybridized carbons (Fsp3) is 0.806. The molecule has 0 aromatic carbocycles. The average Bonchev–Trinajstić information content (AvgIpc) is 3.73. The summed E-state index contributed by atoms with van der Waals surface area (Å²) in [5, 5.41) is 10.7. The highest BCUT2D eigenvalue weighted by Gasteiger charge is 2.50. The van der Waals surface area contributed by atoms with E-state index in [1.165, 1.54) is 11.0 Å². The Balaban J connectivity index is 1.55. The Hall–Kier alpha value is -2.96. The number of rotatable bonds is 13. The molecule has 0 unspecified atom stereocenters. The molecule has 2 aliphatic heterocycles. The zero-order valence-electron chi connectivity index (χ0n) is 30.1. The van der Waals surface area contributed by atoms with Gasteiger partial charge in [-0.1, -0.05) is 79.2 Å². The van der Waals surface area contributed by atoms with Gasteiger partial charge in [-0.15, -0.1) is 6.58 Å². The second-order valence-electron chi connectivity index (χ2n) is 16.3. The number of likely N-dealkylation sites (tertiary alicyclic amines) is 1. The maximum atomic E-state index is 14.5. The van der Waals surface area contributed by atoms with Crippen LogP contribution in [0.5, 0.6) is 0 Å². The second kappa shape index (κ2) is 15.9. The van der Waals surface area contributed by atoms with Gasteiger partial charge in [-0.25, -0.2) is 13.2 Å². The number of hydrogen-bond acceptors (Lipinski definition) is 7. The largest absolute Gasteiger partial charge is 0.346 e. The number of ketones is 1. The first-order valence-electron chi connectivity index (χ1n) is 18.3. The smallest absolute Gasteiger partial charge is 0.315 e. The standard InChI is InChI=1S/C36H59N5O7S/c1-7-18-37-32(44)29(42)26(20-24-14-15-24)38-31(43)27-21-25(23(2)3)22-41(27)33(45)30(35(4,5)6)39-34(46)40-36(16-10-8-11-17-36)28-13-9-12-19-49(28,47)48/h7,23-28,30H,1,8-22H2,2-6H3,(H,37,44)(H,38,43)(H2,39,40,46)/t25-,26+,27+,28-,30-/m1/s1. The molecule has 276 valence electrons. The molecule has 12 nitrogen and oxygen atoms in total. The van der Waals surface area contributed by atoms with Crippen molar-refractivity contribution in [2.45, 2.75) is 141 Å². The fourth-order valence-corrected chi connectivity index (χ4v) is 10.3. The summed E-state index contributed by atoms with van der Waals surface area (Å²) in [5.74, 6) is -1.88. The van der Waals surface area contributed by atoms with Gasteiger partial charge in [0.2, 0.25) is 17.6 Å². The Labute approximate surface area is 292 Å². The first-order chi connectivity index (χ1) is 23.0. The van der Waals surface area contributed by atoms with Gasteiger partial charge in [0.15, 0.2) is 9.84 Å². The lowest BCUT2D eigenvalue weighted by Crippen LogP contribution is -2.65. The van der Waals surface area contributed by atoms with Crippen LogP contribution >= 0.6 is 0 Å². The number of hydrogen-bond donors (Lipinski definition) is 4. The van der Waals surface area contributed by atoms with Crippen molar-refractivity contribution in [1.82, 2.24) is 26.2 Å². The lowest BCUT2D eigenvalue weighted by molar-refractivity contribution is -0.143. The van der Waals surface area contributed by atoms with Crippen molar-refractivity contribution in [2.24, 2.45) is 23.2 Å². The number of carbonyl (C=O) groups is 5. The summed E-state index contributed by atoms with van der Waals surface area (Å²) >= 11 is 0. The molecule has 13 heteroatoms. The second-order valence-corrected chi connectivity index (χ2v) is 18.6. The molecule has 2 heterocycles. The van der Waals surface area contributed by atoms with Gasteiger partial charge in [0.25, 0.3) is 5.91 Å². The van der Waals surface area contributed by atoms with E-state index in [1.807, 2.05) is 34.6 Å². The zero-order chi connectivity index (χ0) is 36.1. The minimum Gasteiger partial charge on any atom is -0.346 e. The highest BCUT2D eigenvalue weighted by molar-refractivity contribution is 7.92. The minimum atomic E-state index is -3.39. The molecular formula is C36H59N5O7S. The lowest BCUT2D eigenvalue weighted by Gasteiger charge is -2.45. The van der Waals surface area contributed by atoms with Crippen molar-refractivity contribution >= 4 is 39.4 Å². The molecule has 0 spiro atoms. The van der Waals surface area contributed by atoms with Gasteiger partial charge in [0.05, 0.1) is 22.6 Å². The maximum absolute atomic E-state index is 14.5. The van der Waals surface area contributed by atoms with Crippen LogP contribution in [-0.2, 0) is 29.0 Å². The van der Waals surface area contributed by atoms with E-state index in [9.17, 15) is 32.4 Å². The van der Waals surface area contributed by atoms with Crippen LogP contribution in [-0.4, -0.2) is 90.6 Å². The molecule has 2 saturated heterocycles. The molecule has 5 atom stereocenters.